The van der Waals surface area contributed by atoms with Gasteiger partial charge in [-0.3, -0.25) is 4.40 Å². The molecule has 25 heavy (non-hydrogen) atoms. The minimum atomic E-state index is -0.877. The number of carbonyl (C=O) groups is 1. The monoisotopic (exact) mass is 358 g/mol. The predicted molar refractivity (Wildman–Crippen MR) is 100.0 cm³/mol. The van der Waals surface area contributed by atoms with Gasteiger partial charge in [0.05, 0.1) is 12.3 Å². The lowest BCUT2D eigenvalue weighted by Crippen LogP contribution is -2.02. The van der Waals surface area contributed by atoms with Gasteiger partial charge in [0.2, 0.25) is 0 Å². The third-order valence-corrected chi connectivity index (χ3v) is 5.15. The Morgan fingerprint density at radius 3 is 2.56 bits per heavy atom. The van der Waals surface area contributed by atoms with Gasteiger partial charge in [0.15, 0.2) is 4.96 Å². The standard InChI is InChI=1S/C19H22N2O3S/c1-4-6-15-17(18(22)23)25-19-20-16(12(3)21(15)19)13-7-9-14(10-8-13)24-11-5-2/h7-10H,4-6,11H2,1-3H3,(H,22,23). The predicted octanol–water partition coefficient (Wildman–Crippen LogP) is 4.81. The number of carboxylic acid groups (broad SMARTS) is 1. The van der Waals surface area contributed by atoms with Gasteiger partial charge in [0.25, 0.3) is 0 Å². The summed E-state index contributed by atoms with van der Waals surface area (Å²) in [4.78, 5) is 17.3. The molecule has 1 aromatic carbocycles. The smallest absolute Gasteiger partial charge is 0.347 e. The summed E-state index contributed by atoms with van der Waals surface area (Å²) in [5, 5.41) is 9.45. The van der Waals surface area contributed by atoms with Crippen molar-refractivity contribution in [3.63, 3.8) is 0 Å². The Bertz CT molecular complexity index is 894. The summed E-state index contributed by atoms with van der Waals surface area (Å²) in [6.45, 7) is 6.83. The highest BCUT2D eigenvalue weighted by molar-refractivity contribution is 7.19. The van der Waals surface area contributed by atoms with E-state index in [0.29, 0.717) is 11.5 Å². The lowest BCUT2D eigenvalue weighted by atomic mass is 10.1. The van der Waals surface area contributed by atoms with Crippen LogP contribution in [0.1, 0.15) is 47.7 Å². The normalized spacial score (nSPS) is 11.2. The van der Waals surface area contributed by atoms with Gasteiger partial charge in [0.1, 0.15) is 10.6 Å². The molecule has 0 fully saturated rings. The zero-order valence-electron chi connectivity index (χ0n) is 14.7. The van der Waals surface area contributed by atoms with Crippen molar-refractivity contribution >= 4 is 22.3 Å². The summed E-state index contributed by atoms with van der Waals surface area (Å²) in [5.41, 5.74) is 3.72. The minimum Gasteiger partial charge on any atom is -0.494 e. The lowest BCUT2D eigenvalue weighted by molar-refractivity contribution is 0.0700. The molecule has 0 aliphatic heterocycles. The van der Waals surface area contributed by atoms with E-state index >= 15 is 0 Å². The van der Waals surface area contributed by atoms with Crippen molar-refractivity contribution in [1.82, 2.24) is 9.38 Å². The maximum atomic E-state index is 11.5. The molecule has 0 unspecified atom stereocenters. The molecular formula is C19H22N2O3S. The second kappa shape index (κ2) is 7.27. The molecule has 0 spiro atoms. The Balaban J connectivity index is 2.03. The molecule has 0 aliphatic carbocycles. The molecule has 0 bridgehead atoms. The lowest BCUT2D eigenvalue weighted by Gasteiger charge is -2.06. The van der Waals surface area contributed by atoms with E-state index in [1.807, 2.05) is 35.6 Å². The van der Waals surface area contributed by atoms with Gasteiger partial charge >= 0.3 is 5.97 Å². The topological polar surface area (TPSA) is 63.8 Å². The van der Waals surface area contributed by atoms with Gasteiger partial charge in [0, 0.05) is 17.0 Å². The van der Waals surface area contributed by atoms with E-state index in [2.05, 4.69) is 13.8 Å². The highest BCUT2D eigenvalue weighted by Gasteiger charge is 2.22. The van der Waals surface area contributed by atoms with Crippen LogP contribution in [-0.4, -0.2) is 27.1 Å². The van der Waals surface area contributed by atoms with E-state index in [4.69, 9.17) is 9.72 Å². The number of thiazole rings is 1. The van der Waals surface area contributed by atoms with Crippen molar-refractivity contribution in [2.24, 2.45) is 0 Å². The van der Waals surface area contributed by atoms with Crippen LogP contribution in [0, 0.1) is 6.92 Å². The number of rotatable bonds is 7. The van der Waals surface area contributed by atoms with Crippen molar-refractivity contribution in [2.75, 3.05) is 6.61 Å². The molecule has 0 aliphatic rings. The summed E-state index contributed by atoms with van der Waals surface area (Å²) >= 11 is 1.24. The molecule has 2 aromatic heterocycles. The van der Waals surface area contributed by atoms with Gasteiger partial charge in [-0.15, -0.1) is 0 Å². The third kappa shape index (κ3) is 3.26. The molecule has 0 amide bonds. The van der Waals surface area contributed by atoms with Gasteiger partial charge in [-0.05, 0) is 44.0 Å². The van der Waals surface area contributed by atoms with E-state index in [1.54, 1.807) is 0 Å². The summed E-state index contributed by atoms with van der Waals surface area (Å²) in [6.07, 6.45) is 2.59. The van der Waals surface area contributed by atoms with Crippen molar-refractivity contribution in [1.29, 1.82) is 0 Å². The molecule has 1 N–H and O–H groups in total. The molecule has 0 radical (unpaired) electrons. The van der Waals surface area contributed by atoms with Crippen molar-refractivity contribution in [2.45, 2.75) is 40.0 Å². The number of fused-ring (bicyclic) bond motifs is 1. The molecule has 5 nitrogen and oxygen atoms in total. The zero-order valence-corrected chi connectivity index (χ0v) is 15.5. The Labute approximate surface area is 150 Å². The maximum Gasteiger partial charge on any atom is 0.347 e. The largest absolute Gasteiger partial charge is 0.494 e. The molecule has 132 valence electrons. The molecule has 3 rings (SSSR count). The first-order chi connectivity index (χ1) is 12.1. The average Bonchev–Trinajstić information content (AvgIpc) is 3.12. The number of nitrogens with zero attached hydrogens (tertiary/aromatic N) is 2. The van der Waals surface area contributed by atoms with Crippen molar-refractivity contribution in [3.05, 3.63) is 40.5 Å². The van der Waals surface area contributed by atoms with Crippen LogP contribution in [0.15, 0.2) is 24.3 Å². The molecular weight excluding hydrogens is 336 g/mol. The number of benzene rings is 1. The van der Waals surface area contributed by atoms with Crippen LogP contribution in [0.25, 0.3) is 16.2 Å². The molecule has 0 saturated carbocycles. The second-order valence-electron chi connectivity index (χ2n) is 5.97. The number of aromatic nitrogens is 2. The Hall–Kier alpha value is -2.34. The number of hydrogen-bond acceptors (Lipinski definition) is 4. The van der Waals surface area contributed by atoms with Crippen LogP contribution in [0.3, 0.4) is 0 Å². The Morgan fingerprint density at radius 2 is 1.96 bits per heavy atom. The number of aromatic carboxylic acids is 1. The van der Waals surface area contributed by atoms with Crippen LogP contribution in [0.2, 0.25) is 0 Å². The van der Waals surface area contributed by atoms with Gasteiger partial charge in [-0.2, -0.15) is 0 Å². The summed E-state index contributed by atoms with van der Waals surface area (Å²) < 4.78 is 7.62. The first-order valence-electron chi connectivity index (χ1n) is 8.54. The summed E-state index contributed by atoms with van der Waals surface area (Å²) in [6, 6.07) is 7.91. The maximum absolute atomic E-state index is 11.5. The molecule has 3 aromatic rings. The zero-order chi connectivity index (χ0) is 18.0. The van der Waals surface area contributed by atoms with Crippen LogP contribution in [-0.2, 0) is 6.42 Å². The summed E-state index contributed by atoms with van der Waals surface area (Å²) in [7, 11) is 0. The first kappa shape index (κ1) is 17.5. The fraction of sp³-hybridized carbons (Fsp3) is 0.368. The van der Waals surface area contributed by atoms with E-state index < -0.39 is 5.97 Å². The molecule has 2 heterocycles. The summed E-state index contributed by atoms with van der Waals surface area (Å²) in [5.74, 6) is -0.0264. The average molecular weight is 358 g/mol. The minimum absolute atomic E-state index is 0.391. The number of aryl methyl sites for hydroxylation is 2. The van der Waals surface area contributed by atoms with Gasteiger partial charge in [-0.1, -0.05) is 31.6 Å². The number of imidazole rings is 1. The highest BCUT2D eigenvalue weighted by Crippen LogP contribution is 2.32. The second-order valence-corrected chi connectivity index (χ2v) is 6.95. The van der Waals surface area contributed by atoms with Crippen LogP contribution >= 0.6 is 11.3 Å². The number of carboxylic acids is 1. The van der Waals surface area contributed by atoms with Crippen LogP contribution < -0.4 is 4.74 Å². The highest BCUT2D eigenvalue weighted by atomic mass is 32.1. The van der Waals surface area contributed by atoms with Crippen molar-refractivity contribution in [3.8, 4) is 17.0 Å². The van der Waals surface area contributed by atoms with E-state index in [1.165, 1.54) is 11.3 Å². The van der Waals surface area contributed by atoms with E-state index in [9.17, 15) is 9.90 Å². The fourth-order valence-corrected chi connectivity index (χ4v) is 4.00. The third-order valence-electron chi connectivity index (χ3n) is 4.08. The van der Waals surface area contributed by atoms with E-state index in [0.717, 1.165) is 52.6 Å². The fourth-order valence-electron chi connectivity index (χ4n) is 2.95. The number of ether oxygens (including phenoxy) is 1. The molecule has 0 atom stereocenters. The van der Waals surface area contributed by atoms with Crippen LogP contribution in [0.4, 0.5) is 0 Å². The SMILES string of the molecule is CCCOc1ccc(-c2nc3sc(C(=O)O)c(CCC)n3c2C)cc1. The number of hydrogen-bond donors (Lipinski definition) is 1. The Kier molecular flexibility index (Phi) is 5.08. The quantitative estimate of drug-likeness (QED) is 0.658. The molecule has 6 heteroatoms. The Morgan fingerprint density at radius 1 is 1.24 bits per heavy atom. The molecule has 0 saturated heterocycles. The van der Waals surface area contributed by atoms with Crippen LogP contribution in [0.5, 0.6) is 5.75 Å². The van der Waals surface area contributed by atoms with E-state index in [-0.39, 0.29) is 0 Å². The van der Waals surface area contributed by atoms with Gasteiger partial charge in [-0.25, -0.2) is 9.78 Å². The first-order valence-corrected chi connectivity index (χ1v) is 9.35. The van der Waals surface area contributed by atoms with Gasteiger partial charge < -0.3 is 9.84 Å². The van der Waals surface area contributed by atoms with Crippen molar-refractivity contribution < 1.29 is 14.6 Å².